The minimum Gasteiger partial charge on any atom is -0.487 e. The van der Waals surface area contributed by atoms with Crippen LogP contribution in [0.25, 0.3) is 21.5 Å². The van der Waals surface area contributed by atoms with Gasteiger partial charge in [-0.3, -0.25) is 43.4 Å². The van der Waals surface area contributed by atoms with E-state index in [1.54, 1.807) is 165 Å². The number of hydrogen-bond donors (Lipinski definition) is 6. The number of nitrogens with one attached hydrogen (secondary N) is 6. The van der Waals surface area contributed by atoms with Crippen LogP contribution in [0, 0.1) is 22.2 Å². The topological polar surface area (TPSA) is 440 Å². The Morgan fingerprint density at radius 3 is 1.25 bits per heavy atom. The van der Waals surface area contributed by atoms with Gasteiger partial charge in [0.1, 0.15) is 127 Å². The van der Waals surface area contributed by atoms with Gasteiger partial charge in [-0.25, -0.2) is 33.3 Å². The SMILES string of the molecule is C=CCOC(=O)N[C@@H](Cc1ccc(OCc2cn([C@H]3C[C@@H](C(=O)N[C@@H](Cc4ccc5ccccc5c4)C(=O)N[C@H](C#N)Cc4ccc(OCc5cn([C@H]6C[C@@H](C(=O)N[C@@H](Cc7ccc8ccccc8c7)C(=O)OCC=C)N(C(=O)[C@@H](NC(=O)[C@H](C)N(C)C(=O)OC(C)(C)C)C(C)(C)C)C6)nn5)cc4)N(C(=O)[C@@H](NC(=O)[C@H](C)N(C)C(=O)OC(C)(C)C)C(C)(C)C)C3)nn2)cc1)C(=O)OC(C)(C)C. The Morgan fingerprint density at radius 2 is 0.839 bits per heavy atom. The van der Waals surface area contributed by atoms with Gasteiger partial charge >= 0.3 is 30.2 Å². The Kier molecular flexibility index (Phi) is 34.7. The molecule has 10 amide bonds. The van der Waals surface area contributed by atoms with E-state index in [1.165, 1.54) is 59.3 Å². The van der Waals surface area contributed by atoms with Gasteiger partial charge in [0.05, 0.1) is 30.5 Å². The van der Waals surface area contributed by atoms with Crippen molar-refractivity contribution in [2.24, 2.45) is 10.8 Å². The molecule has 8 aromatic rings. The van der Waals surface area contributed by atoms with E-state index in [0.29, 0.717) is 39.6 Å². The molecule has 6 N–H and O–H groups in total. The van der Waals surface area contributed by atoms with Gasteiger partial charge in [0, 0.05) is 65.7 Å². The molecule has 2 fully saturated rings. The van der Waals surface area contributed by atoms with Crippen molar-refractivity contribution in [1.29, 1.82) is 5.26 Å². The van der Waals surface area contributed by atoms with Crippen LogP contribution in [0.4, 0.5) is 14.4 Å². The van der Waals surface area contributed by atoms with Gasteiger partial charge in [0.2, 0.25) is 41.4 Å². The number of esters is 2. The molecule has 2 aliphatic heterocycles. The third-order valence-corrected chi connectivity index (χ3v) is 23.0. The maximum absolute atomic E-state index is 15.6. The Balaban J connectivity index is 0.858. The fourth-order valence-electron chi connectivity index (χ4n) is 15.5. The lowest BCUT2D eigenvalue weighted by Gasteiger charge is -2.37. The van der Waals surface area contributed by atoms with Gasteiger partial charge in [-0.1, -0.05) is 186 Å². The van der Waals surface area contributed by atoms with Gasteiger partial charge in [0.15, 0.2) is 0 Å². The molecular formula is C101H129N17O19. The molecule has 10 rings (SSSR count). The number of benzene rings is 6. The number of aromatic nitrogens is 6. The number of nitriles is 1. The minimum absolute atomic E-state index is 0.0192. The highest BCUT2D eigenvalue weighted by molar-refractivity contribution is 5.98. The predicted octanol–water partition coefficient (Wildman–Crippen LogP) is 10.8. The molecule has 0 aliphatic carbocycles. The molecule has 2 aromatic heterocycles. The van der Waals surface area contributed by atoms with Crippen LogP contribution in [-0.4, -0.2) is 239 Å². The number of nitrogens with zero attached hydrogens (tertiary/aromatic N) is 11. The Hall–Kier alpha value is -14.3. The van der Waals surface area contributed by atoms with Gasteiger partial charge in [-0.05, 0) is 155 Å². The number of alkyl carbamates (subject to hydrolysis) is 1. The van der Waals surface area contributed by atoms with Crippen molar-refractivity contribution in [1.82, 2.24) is 81.5 Å². The zero-order chi connectivity index (χ0) is 100. The van der Waals surface area contributed by atoms with E-state index in [9.17, 15) is 38.8 Å². The lowest BCUT2D eigenvalue weighted by molar-refractivity contribution is -0.157. The van der Waals surface area contributed by atoms with Crippen LogP contribution < -0.4 is 41.4 Å². The first-order valence-corrected chi connectivity index (χ1v) is 45.6. The highest BCUT2D eigenvalue weighted by Crippen LogP contribution is 2.35. The molecule has 0 saturated carbocycles. The molecule has 36 heteroatoms. The summed E-state index contributed by atoms with van der Waals surface area (Å²) in [5.41, 5.74) is -1.29. The van der Waals surface area contributed by atoms with Crippen molar-refractivity contribution < 1.29 is 90.7 Å². The smallest absolute Gasteiger partial charge is 0.410 e. The van der Waals surface area contributed by atoms with Crippen molar-refractivity contribution in [2.45, 2.75) is 259 Å². The van der Waals surface area contributed by atoms with Crippen molar-refractivity contribution in [3.8, 4) is 17.6 Å². The summed E-state index contributed by atoms with van der Waals surface area (Å²) in [7, 11) is 2.82. The number of carbonyl (C=O) groups excluding carboxylic acids is 12. The molecule has 732 valence electrons. The number of ether oxygens (including phenoxy) is 7. The lowest BCUT2D eigenvalue weighted by Crippen LogP contribution is -2.61. The molecule has 137 heavy (non-hydrogen) atoms. The van der Waals surface area contributed by atoms with E-state index >= 15 is 24.0 Å². The third kappa shape index (κ3) is 29.6. The van der Waals surface area contributed by atoms with Crippen LogP contribution in [0.2, 0.25) is 0 Å². The van der Waals surface area contributed by atoms with Crippen molar-refractivity contribution in [2.75, 3.05) is 40.4 Å². The Labute approximate surface area is 798 Å². The molecule has 4 heterocycles. The highest BCUT2D eigenvalue weighted by Gasteiger charge is 2.50. The van der Waals surface area contributed by atoms with Crippen molar-refractivity contribution in [3.63, 3.8) is 0 Å². The highest BCUT2D eigenvalue weighted by atomic mass is 16.6. The van der Waals surface area contributed by atoms with Crippen LogP contribution in [0.5, 0.6) is 11.5 Å². The van der Waals surface area contributed by atoms with E-state index < -0.39 is 172 Å². The van der Waals surface area contributed by atoms with Gasteiger partial charge in [-0.2, -0.15) is 5.26 Å². The van der Waals surface area contributed by atoms with Crippen molar-refractivity contribution in [3.05, 3.63) is 205 Å². The minimum atomic E-state index is -1.37. The summed E-state index contributed by atoms with van der Waals surface area (Å²) in [6, 6.07) is 28.6. The standard InChI is InChI=1S/C101H129N17O19/c1-22-44-131-92(126)79(51-66-33-39-68-29-25-27-31-70(68)47-66)105-89(123)82-53-75(58-116(82)91(125)84(98(8,9)10)108-86(120)62(4)114(21)96(130)137-101(17,18)19)118-56-72(109-112-118)59-133-76-40-34-63(35-41-76)48-71(54-102)103-87(121)78(50-65-32-38-67-28-24-26-30-69(67)46-65)104-88(122)81-52-74(57-115(81)90(124)83(97(5,6)7)107-85(119)61(3)113(20)95(129)136-100(14,15)16)117-55-73(110-111-117)60-134-77-42-36-64(37-43-77)49-80(93(127)135-99(11,12)13)106-94(128)132-45-23-2/h22-43,46-47,55-56,61-62,71,74-75,78-84H,1-2,44-45,48-53,57-60H2,3-21H3,(H,103,121)(H,104,122)(H,105,123)(H,106,128)(H,107,119)(H,108,120)/t61-,62-,71-,74-,75-,78-,79-,80-,81-,82-,83+,84+/m0/s1. The molecule has 0 unspecified atom stereocenters. The number of fused-ring (bicyclic) bond motifs is 2. The van der Waals surface area contributed by atoms with E-state index in [0.717, 1.165) is 36.9 Å². The summed E-state index contributed by atoms with van der Waals surface area (Å²) < 4.78 is 42.8. The predicted molar refractivity (Wildman–Crippen MR) is 509 cm³/mol. The zero-order valence-electron chi connectivity index (χ0n) is 81.5. The quantitative estimate of drug-likeness (QED) is 0.0120. The summed E-state index contributed by atoms with van der Waals surface area (Å²) in [4.78, 5) is 177. The van der Waals surface area contributed by atoms with Crippen molar-refractivity contribution >= 4 is 93.1 Å². The number of carbonyl (C=O) groups is 12. The monoisotopic (exact) mass is 1880 g/mol. The van der Waals surface area contributed by atoms with E-state index in [1.807, 2.05) is 84.9 Å². The second kappa shape index (κ2) is 45.4. The first kappa shape index (κ1) is 105. The second-order valence-electron chi connectivity index (χ2n) is 39.7. The maximum Gasteiger partial charge on any atom is 0.410 e. The maximum atomic E-state index is 15.6. The average Bonchev–Trinajstić information content (AvgIpc) is 1.66. The largest absolute Gasteiger partial charge is 0.487 e. The van der Waals surface area contributed by atoms with Gasteiger partial charge < -0.3 is 74.9 Å². The first-order valence-electron chi connectivity index (χ1n) is 45.6. The molecule has 6 aromatic carbocycles. The molecule has 0 radical (unpaired) electrons. The number of likely N-dealkylation sites (tertiary alicyclic amines) is 2. The zero-order valence-corrected chi connectivity index (χ0v) is 81.5. The van der Waals surface area contributed by atoms with E-state index in [4.69, 9.17) is 33.2 Å². The third-order valence-electron chi connectivity index (χ3n) is 23.0. The molecule has 2 saturated heterocycles. The molecule has 12 atom stereocenters. The summed E-state index contributed by atoms with van der Waals surface area (Å²) in [5.74, 6) is -5.43. The molecule has 0 bridgehead atoms. The van der Waals surface area contributed by atoms with Crippen LogP contribution in [0.3, 0.4) is 0 Å². The lowest BCUT2D eigenvalue weighted by atomic mass is 9.85. The van der Waals surface area contributed by atoms with Crippen LogP contribution in [-0.2, 0) is 106 Å². The summed E-state index contributed by atoms with van der Waals surface area (Å²) in [5, 5.41) is 49.3. The molecular weight excluding hydrogens is 1760 g/mol. The normalized spacial score (nSPS) is 16.8. The number of amides is 10. The molecule has 2 aliphatic rings. The number of hydrogen-bond acceptors (Lipinski definition) is 24. The average molecular weight is 1890 g/mol. The van der Waals surface area contributed by atoms with Gasteiger partial charge in [-0.15, -0.1) is 10.2 Å². The summed E-state index contributed by atoms with van der Waals surface area (Å²) in [6.07, 6.45) is 3.54. The first-order chi connectivity index (χ1) is 64.4. The Morgan fingerprint density at radius 1 is 0.460 bits per heavy atom. The van der Waals surface area contributed by atoms with Crippen LogP contribution in [0.15, 0.2) is 171 Å². The van der Waals surface area contributed by atoms with E-state index in [-0.39, 0.29) is 78.0 Å². The van der Waals surface area contributed by atoms with Gasteiger partial charge in [0.25, 0.3) is 0 Å². The Bertz CT molecular complexity index is 5720. The fourth-order valence-corrected chi connectivity index (χ4v) is 15.5. The second-order valence-corrected chi connectivity index (χ2v) is 39.7. The number of rotatable bonds is 37. The van der Waals surface area contributed by atoms with Crippen LogP contribution >= 0.6 is 0 Å². The van der Waals surface area contributed by atoms with Crippen LogP contribution in [0.1, 0.15) is 176 Å². The fraction of sp³-hybridized carbons (Fsp3) is 0.475. The number of likely N-dealkylation sites (N-methyl/N-ethyl adjacent to an activating group) is 2. The summed E-state index contributed by atoms with van der Waals surface area (Å²) in [6.45, 7) is 35.3. The molecule has 0 spiro atoms. The van der Waals surface area contributed by atoms with E-state index in [2.05, 4.69) is 71.8 Å². The molecule has 36 nitrogen and oxygen atoms in total. The summed E-state index contributed by atoms with van der Waals surface area (Å²) >= 11 is 0.